The van der Waals surface area contributed by atoms with Gasteiger partial charge in [-0.1, -0.05) is 18.2 Å². The average molecular weight is 246 g/mol. The molecule has 0 amide bonds. The van der Waals surface area contributed by atoms with Crippen molar-refractivity contribution in [3.63, 3.8) is 0 Å². The molecular weight excluding hydrogens is 228 g/mol. The number of carbonyl (C=O) groups excluding carboxylic acids is 1. The van der Waals surface area contributed by atoms with Crippen LogP contribution in [0.15, 0.2) is 18.2 Å². The molecule has 0 radical (unpaired) electrons. The second-order valence-electron chi connectivity index (χ2n) is 5.63. The second kappa shape index (κ2) is 4.56. The van der Waals surface area contributed by atoms with Crippen molar-refractivity contribution in [3.05, 3.63) is 34.9 Å². The highest BCUT2D eigenvalue weighted by Gasteiger charge is 2.28. The third-order valence-corrected chi connectivity index (χ3v) is 3.55. The molecule has 1 aromatic carbocycles. The summed E-state index contributed by atoms with van der Waals surface area (Å²) >= 11 is 0. The molecule has 18 heavy (non-hydrogen) atoms. The molecule has 0 spiro atoms. The summed E-state index contributed by atoms with van der Waals surface area (Å²) < 4.78 is 0. The predicted molar refractivity (Wildman–Crippen MR) is 68.8 cm³/mol. The summed E-state index contributed by atoms with van der Waals surface area (Å²) in [5.74, 6) is -0.586. The Morgan fingerprint density at radius 1 is 1.33 bits per heavy atom. The lowest BCUT2D eigenvalue weighted by Gasteiger charge is -2.21. The summed E-state index contributed by atoms with van der Waals surface area (Å²) in [4.78, 5) is 22.8. The van der Waals surface area contributed by atoms with Gasteiger partial charge >= 0.3 is 5.97 Å². The van der Waals surface area contributed by atoms with E-state index in [0.29, 0.717) is 12.8 Å². The SMILES string of the molecule is CC(C)(Cc1ccc2c(c1)CCCC2=O)C(=O)O. The van der Waals surface area contributed by atoms with E-state index in [9.17, 15) is 9.59 Å². The van der Waals surface area contributed by atoms with E-state index < -0.39 is 11.4 Å². The smallest absolute Gasteiger partial charge is 0.309 e. The van der Waals surface area contributed by atoms with E-state index in [1.165, 1.54) is 0 Å². The van der Waals surface area contributed by atoms with Gasteiger partial charge in [-0.3, -0.25) is 9.59 Å². The van der Waals surface area contributed by atoms with Crippen molar-refractivity contribution in [1.82, 2.24) is 0 Å². The van der Waals surface area contributed by atoms with Crippen molar-refractivity contribution in [2.75, 3.05) is 0 Å². The lowest BCUT2D eigenvalue weighted by molar-refractivity contribution is -0.146. The van der Waals surface area contributed by atoms with Crippen LogP contribution in [0, 0.1) is 5.41 Å². The molecule has 0 saturated carbocycles. The fourth-order valence-corrected chi connectivity index (χ4v) is 2.40. The maximum Gasteiger partial charge on any atom is 0.309 e. The molecule has 0 heterocycles. The first-order chi connectivity index (χ1) is 8.40. The highest BCUT2D eigenvalue weighted by Crippen LogP contribution is 2.27. The number of Topliss-reactive ketones (excluding diaryl/α,β-unsaturated/α-hetero) is 1. The van der Waals surface area contributed by atoms with Crippen LogP contribution in [-0.2, 0) is 17.6 Å². The van der Waals surface area contributed by atoms with Gasteiger partial charge in [-0.05, 0) is 44.2 Å². The van der Waals surface area contributed by atoms with Gasteiger partial charge in [-0.25, -0.2) is 0 Å². The van der Waals surface area contributed by atoms with Gasteiger partial charge < -0.3 is 5.11 Å². The molecule has 1 N–H and O–H groups in total. The average Bonchev–Trinajstić information content (AvgIpc) is 2.28. The zero-order chi connectivity index (χ0) is 13.3. The normalized spacial score (nSPS) is 15.3. The topological polar surface area (TPSA) is 54.4 Å². The number of carboxylic acid groups (broad SMARTS) is 1. The van der Waals surface area contributed by atoms with Crippen molar-refractivity contribution in [1.29, 1.82) is 0 Å². The number of hydrogen-bond donors (Lipinski definition) is 1. The summed E-state index contributed by atoms with van der Waals surface area (Å²) in [6, 6.07) is 5.73. The first-order valence-corrected chi connectivity index (χ1v) is 6.28. The molecule has 0 aromatic heterocycles. The van der Waals surface area contributed by atoms with Crippen LogP contribution in [0.4, 0.5) is 0 Å². The van der Waals surface area contributed by atoms with Gasteiger partial charge in [0.05, 0.1) is 5.41 Å². The quantitative estimate of drug-likeness (QED) is 0.892. The van der Waals surface area contributed by atoms with E-state index in [-0.39, 0.29) is 5.78 Å². The summed E-state index contributed by atoms with van der Waals surface area (Å²) in [7, 11) is 0. The Morgan fingerprint density at radius 2 is 2.06 bits per heavy atom. The maximum atomic E-state index is 11.7. The van der Waals surface area contributed by atoms with E-state index in [1.807, 2.05) is 18.2 Å². The molecule has 1 aliphatic rings. The Bertz CT molecular complexity index is 500. The number of benzene rings is 1. The number of ketones is 1. The number of fused-ring (bicyclic) bond motifs is 1. The molecule has 3 nitrogen and oxygen atoms in total. The second-order valence-corrected chi connectivity index (χ2v) is 5.63. The first-order valence-electron chi connectivity index (χ1n) is 6.28. The summed E-state index contributed by atoms with van der Waals surface area (Å²) in [5, 5.41) is 9.13. The van der Waals surface area contributed by atoms with Crippen LogP contribution in [0.5, 0.6) is 0 Å². The van der Waals surface area contributed by atoms with Crippen LogP contribution in [-0.4, -0.2) is 16.9 Å². The molecule has 0 bridgehead atoms. The number of hydrogen-bond acceptors (Lipinski definition) is 2. The Hall–Kier alpha value is -1.64. The Labute approximate surface area is 107 Å². The summed E-state index contributed by atoms with van der Waals surface area (Å²) in [5.41, 5.74) is 2.12. The van der Waals surface area contributed by atoms with Crippen LogP contribution < -0.4 is 0 Å². The molecular formula is C15H18O3. The lowest BCUT2D eigenvalue weighted by atomic mass is 9.83. The first kappa shape index (κ1) is 12.8. The number of aryl methyl sites for hydroxylation is 1. The van der Waals surface area contributed by atoms with Crippen molar-refractivity contribution >= 4 is 11.8 Å². The van der Waals surface area contributed by atoms with E-state index >= 15 is 0 Å². The Morgan fingerprint density at radius 3 is 2.72 bits per heavy atom. The highest BCUT2D eigenvalue weighted by atomic mass is 16.4. The molecule has 0 atom stereocenters. The molecule has 0 aliphatic heterocycles. The van der Waals surface area contributed by atoms with Gasteiger partial charge in [0.1, 0.15) is 0 Å². The van der Waals surface area contributed by atoms with Gasteiger partial charge in [0, 0.05) is 12.0 Å². The van der Waals surface area contributed by atoms with Crippen LogP contribution in [0.25, 0.3) is 0 Å². The summed E-state index contributed by atoms with van der Waals surface area (Å²) in [6.07, 6.45) is 2.94. The number of carbonyl (C=O) groups is 2. The zero-order valence-corrected chi connectivity index (χ0v) is 10.8. The fraction of sp³-hybridized carbons (Fsp3) is 0.467. The van der Waals surface area contributed by atoms with Gasteiger partial charge in [0.2, 0.25) is 0 Å². The van der Waals surface area contributed by atoms with E-state index in [2.05, 4.69) is 0 Å². The molecule has 0 saturated heterocycles. The fourth-order valence-electron chi connectivity index (χ4n) is 2.40. The van der Waals surface area contributed by atoms with Crippen molar-refractivity contribution in [2.24, 2.45) is 5.41 Å². The molecule has 2 rings (SSSR count). The maximum absolute atomic E-state index is 11.7. The molecule has 1 aromatic rings. The van der Waals surface area contributed by atoms with Crippen molar-refractivity contribution < 1.29 is 14.7 Å². The minimum Gasteiger partial charge on any atom is -0.481 e. The number of carboxylic acids is 1. The minimum atomic E-state index is -0.795. The largest absolute Gasteiger partial charge is 0.481 e. The van der Waals surface area contributed by atoms with Gasteiger partial charge in [-0.2, -0.15) is 0 Å². The summed E-state index contributed by atoms with van der Waals surface area (Å²) in [6.45, 7) is 3.44. The number of rotatable bonds is 3. The third kappa shape index (κ3) is 2.45. The van der Waals surface area contributed by atoms with Crippen LogP contribution in [0.3, 0.4) is 0 Å². The Balaban J connectivity index is 2.27. The molecule has 3 heteroatoms. The molecule has 1 aliphatic carbocycles. The minimum absolute atomic E-state index is 0.209. The van der Waals surface area contributed by atoms with E-state index in [0.717, 1.165) is 29.5 Å². The highest BCUT2D eigenvalue weighted by molar-refractivity contribution is 5.98. The van der Waals surface area contributed by atoms with Gasteiger partial charge in [0.25, 0.3) is 0 Å². The molecule has 0 unspecified atom stereocenters. The standard InChI is InChI=1S/C15H18O3/c1-15(2,14(17)18)9-10-6-7-12-11(8-10)4-3-5-13(12)16/h6-8H,3-5,9H2,1-2H3,(H,17,18). The van der Waals surface area contributed by atoms with Gasteiger partial charge in [0.15, 0.2) is 5.78 Å². The van der Waals surface area contributed by atoms with Gasteiger partial charge in [-0.15, -0.1) is 0 Å². The van der Waals surface area contributed by atoms with E-state index in [1.54, 1.807) is 13.8 Å². The molecule has 96 valence electrons. The molecule has 0 fully saturated rings. The Kier molecular flexibility index (Phi) is 3.24. The monoisotopic (exact) mass is 246 g/mol. The van der Waals surface area contributed by atoms with Crippen molar-refractivity contribution in [2.45, 2.75) is 39.5 Å². The predicted octanol–water partition coefficient (Wildman–Crippen LogP) is 2.86. The van der Waals surface area contributed by atoms with Crippen LogP contribution in [0.2, 0.25) is 0 Å². The lowest BCUT2D eigenvalue weighted by Crippen LogP contribution is -2.26. The van der Waals surface area contributed by atoms with Crippen LogP contribution >= 0.6 is 0 Å². The van der Waals surface area contributed by atoms with Crippen LogP contribution in [0.1, 0.15) is 48.2 Å². The third-order valence-electron chi connectivity index (χ3n) is 3.55. The van der Waals surface area contributed by atoms with E-state index in [4.69, 9.17) is 5.11 Å². The number of aliphatic carboxylic acids is 1. The zero-order valence-electron chi connectivity index (χ0n) is 10.8. The van der Waals surface area contributed by atoms with Crippen molar-refractivity contribution in [3.8, 4) is 0 Å².